The number of esters is 1. The minimum absolute atomic E-state index is 0.00739. The van der Waals surface area contributed by atoms with E-state index in [1.54, 1.807) is 0 Å². The molecule has 1 atom stereocenters. The van der Waals surface area contributed by atoms with Crippen molar-refractivity contribution in [3.63, 3.8) is 0 Å². The van der Waals surface area contributed by atoms with Crippen molar-refractivity contribution in [3.8, 4) is 5.75 Å². The van der Waals surface area contributed by atoms with Gasteiger partial charge in [-0.05, 0) is 13.3 Å². The Morgan fingerprint density at radius 1 is 1.42 bits per heavy atom. The fourth-order valence-electron chi connectivity index (χ4n) is 2.75. The van der Waals surface area contributed by atoms with E-state index < -0.39 is 36.4 Å². The highest BCUT2D eigenvalue weighted by Gasteiger charge is 2.39. The molecule has 0 saturated carbocycles. The molecule has 3 rings (SSSR count). The largest absolute Gasteiger partial charge is 0.420 e. The third-order valence-corrected chi connectivity index (χ3v) is 5.33. The second-order valence-corrected chi connectivity index (χ2v) is 9.24. The summed E-state index contributed by atoms with van der Waals surface area (Å²) >= 11 is 0. The zero-order chi connectivity index (χ0) is 17.6. The van der Waals surface area contributed by atoms with E-state index in [0.717, 1.165) is 6.92 Å². The lowest BCUT2D eigenvalue weighted by molar-refractivity contribution is -0.132. The molecule has 0 aromatic carbocycles. The molecule has 2 aliphatic heterocycles. The summed E-state index contributed by atoms with van der Waals surface area (Å²) in [5.41, 5.74) is 2.25. The summed E-state index contributed by atoms with van der Waals surface area (Å²) in [6, 6.07) is 0. The Morgan fingerprint density at radius 3 is 2.75 bits per heavy atom. The number of amides is 1. The second kappa shape index (κ2) is 5.75. The number of hydrogen-bond donors (Lipinski definition) is 1. The van der Waals surface area contributed by atoms with Crippen molar-refractivity contribution in [1.29, 1.82) is 0 Å². The number of morpholine rings is 1. The average Bonchev–Trinajstić information content (AvgIpc) is 2.48. The molecule has 0 radical (unpaired) electrons. The van der Waals surface area contributed by atoms with E-state index in [4.69, 9.17) is 9.47 Å². The van der Waals surface area contributed by atoms with Crippen LogP contribution in [0, 0.1) is 0 Å². The highest BCUT2D eigenvalue weighted by Crippen LogP contribution is 2.34. The Balaban J connectivity index is 2.25. The second-order valence-electron chi connectivity index (χ2n) is 6.05. The maximum absolute atomic E-state index is 12.8. The van der Waals surface area contributed by atoms with Crippen molar-refractivity contribution in [2.45, 2.75) is 13.1 Å². The van der Waals surface area contributed by atoms with Crippen molar-refractivity contribution in [2.75, 3.05) is 38.5 Å². The van der Waals surface area contributed by atoms with Crippen molar-refractivity contribution < 1.29 is 23.6 Å². The van der Waals surface area contributed by atoms with Crippen LogP contribution in [-0.4, -0.2) is 60.7 Å². The minimum atomic E-state index is -2.95. The first kappa shape index (κ1) is 16.7. The van der Waals surface area contributed by atoms with Gasteiger partial charge in [-0.25, -0.2) is 0 Å². The van der Waals surface area contributed by atoms with Gasteiger partial charge < -0.3 is 24.4 Å². The SMILES string of the molecule is CC(=O)Oc1c2n(cc(P(C)(C)=O)c1=O)NC1COCCN1C2=O. The molecule has 10 heteroatoms. The molecular weight excluding hydrogens is 337 g/mol. The monoisotopic (exact) mass is 355 g/mol. The van der Waals surface area contributed by atoms with Crippen molar-refractivity contribution in [1.82, 2.24) is 9.58 Å². The summed E-state index contributed by atoms with van der Waals surface area (Å²) in [6.07, 6.45) is 0.933. The smallest absolute Gasteiger partial charge is 0.308 e. The van der Waals surface area contributed by atoms with Gasteiger partial charge in [0.2, 0.25) is 11.2 Å². The number of nitrogens with zero attached hydrogens (tertiary/aromatic N) is 2. The molecule has 1 amide bonds. The average molecular weight is 355 g/mol. The molecule has 3 heterocycles. The number of pyridine rings is 1. The van der Waals surface area contributed by atoms with Gasteiger partial charge in [0.05, 0.1) is 18.5 Å². The molecule has 0 spiro atoms. The first-order chi connectivity index (χ1) is 11.2. The molecular formula is C14H18N3O6P. The molecule has 0 bridgehead atoms. The first-order valence-corrected chi connectivity index (χ1v) is 9.99. The number of rotatable bonds is 2. The van der Waals surface area contributed by atoms with Crippen LogP contribution in [0.3, 0.4) is 0 Å². The summed E-state index contributed by atoms with van der Waals surface area (Å²) in [5.74, 6) is -1.57. The Hall–Kier alpha value is -2.12. The van der Waals surface area contributed by atoms with Crippen LogP contribution in [0.2, 0.25) is 0 Å². The Kier molecular flexibility index (Phi) is 4.01. The summed E-state index contributed by atoms with van der Waals surface area (Å²) < 4.78 is 24.1. The van der Waals surface area contributed by atoms with Gasteiger partial charge in [-0.15, -0.1) is 0 Å². The van der Waals surface area contributed by atoms with Crippen LogP contribution in [0.5, 0.6) is 5.75 Å². The van der Waals surface area contributed by atoms with Gasteiger partial charge in [-0.1, -0.05) is 0 Å². The normalized spacial score (nSPS) is 20.0. The van der Waals surface area contributed by atoms with Crippen molar-refractivity contribution in [2.24, 2.45) is 0 Å². The predicted octanol–water partition coefficient (Wildman–Crippen LogP) is -0.623. The van der Waals surface area contributed by atoms with E-state index in [2.05, 4.69) is 5.43 Å². The third-order valence-electron chi connectivity index (χ3n) is 3.85. The maximum Gasteiger partial charge on any atom is 0.308 e. The van der Waals surface area contributed by atoms with Gasteiger partial charge in [0.1, 0.15) is 13.3 Å². The van der Waals surface area contributed by atoms with Crippen LogP contribution in [0.25, 0.3) is 0 Å². The van der Waals surface area contributed by atoms with Gasteiger partial charge in [-0.2, -0.15) is 0 Å². The Bertz CT molecular complexity index is 827. The lowest BCUT2D eigenvalue weighted by Gasteiger charge is -2.41. The first-order valence-electron chi connectivity index (χ1n) is 7.39. The van der Waals surface area contributed by atoms with Gasteiger partial charge in [-0.3, -0.25) is 19.1 Å². The summed E-state index contributed by atoms with van der Waals surface area (Å²) in [7, 11) is -2.95. The Labute approximate surface area is 137 Å². The molecule has 1 aromatic rings. The number of fused-ring (bicyclic) bond motifs is 2. The van der Waals surface area contributed by atoms with Crippen LogP contribution in [-0.2, 0) is 14.1 Å². The summed E-state index contributed by atoms with van der Waals surface area (Å²) in [4.78, 5) is 38.3. The fraction of sp³-hybridized carbons (Fsp3) is 0.500. The zero-order valence-electron chi connectivity index (χ0n) is 13.6. The van der Waals surface area contributed by atoms with Crippen molar-refractivity contribution in [3.05, 3.63) is 22.1 Å². The molecule has 2 aliphatic rings. The van der Waals surface area contributed by atoms with Gasteiger partial charge in [0.25, 0.3) is 5.91 Å². The number of hydrogen-bond acceptors (Lipinski definition) is 7. The van der Waals surface area contributed by atoms with Gasteiger partial charge in [0.15, 0.2) is 5.69 Å². The molecule has 1 fully saturated rings. The number of carbonyl (C=O) groups excluding carboxylic acids is 2. The molecule has 24 heavy (non-hydrogen) atoms. The van der Waals surface area contributed by atoms with E-state index in [1.807, 2.05) is 0 Å². The molecule has 130 valence electrons. The van der Waals surface area contributed by atoms with Crippen LogP contribution < -0.4 is 20.9 Å². The minimum Gasteiger partial charge on any atom is -0.420 e. The van der Waals surface area contributed by atoms with E-state index in [1.165, 1.54) is 29.1 Å². The Morgan fingerprint density at radius 2 is 2.12 bits per heavy atom. The molecule has 1 unspecified atom stereocenters. The molecule has 1 aromatic heterocycles. The lowest BCUT2D eigenvalue weighted by atomic mass is 10.2. The summed E-state index contributed by atoms with van der Waals surface area (Å²) in [6.45, 7) is 5.04. The lowest BCUT2D eigenvalue weighted by Crippen LogP contribution is -2.60. The third kappa shape index (κ3) is 2.74. The number of aromatic nitrogens is 1. The van der Waals surface area contributed by atoms with Gasteiger partial charge >= 0.3 is 5.97 Å². The van der Waals surface area contributed by atoms with Crippen molar-refractivity contribution >= 4 is 24.3 Å². The highest BCUT2D eigenvalue weighted by molar-refractivity contribution is 7.70. The number of nitrogens with one attached hydrogen (secondary N) is 1. The van der Waals surface area contributed by atoms with Crippen LogP contribution in [0.1, 0.15) is 17.4 Å². The van der Waals surface area contributed by atoms with Crippen LogP contribution >= 0.6 is 7.14 Å². The van der Waals surface area contributed by atoms with E-state index >= 15 is 0 Å². The zero-order valence-corrected chi connectivity index (χ0v) is 14.5. The van der Waals surface area contributed by atoms with E-state index in [0.29, 0.717) is 13.2 Å². The standard InChI is InChI=1S/C14H18N3O6P/c1-8(18)23-13-11-14(20)16-4-5-22-7-10(16)15-17(11)6-9(12(13)19)24(2,3)21/h6,10,15H,4-5,7H2,1-3H3. The molecule has 1 saturated heterocycles. The maximum atomic E-state index is 12.8. The fourth-order valence-corrected chi connectivity index (χ4v) is 3.74. The van der Waals surface area contributed by atoms with Gasteiger partial charge in [0, 0.05) is 19.7 Å². The number of ether oxygens (including phenoxy) is 2. The van der Waals surface area contributed by atoms with E-state index in [-0.39, 0.29) is 17.6 Å². The van der Waals surface area contributed by atoms with Crippen LogP contribution in [0.4, 0.5) is 0 Å². The number of carbonyl (C=O) groups is 2. The quantitative estimate of drug-likeness (QED) is 0.556. The summed E-state index contributed by atoms with van der Waals surface area (Å²) in [5, 5.41) is 0.00739. The molecule has 9 nitrogen and oxygen atoms in total. The predicted molar refractivity (Wildman–Crippen MR) is 86.1 cm³/mol. The molecule has 0 aliphatic carbocycles. The molecule has 1 N–H and O–H groups in total. The van der Waals surface area contributed by atoms with Crippen LogP contribution in [0.15, 0.2) is 11.0 Å². The topological polar surface area (TPSA) is 107 Å². The highest BCUT2D eigenvalue weighted by atomic mass is 31.2. The van der Waals surface area contributed by atoms with E-state index in [9.17, 15) is 18.9 Å².